The van der Waals surface area contributed by atoms with E-state index < -0.39 is 0 Å². The van der Waals surface area contributed by atoms with Crippen LogP contribution in [0.1, 0.15) is 22.9 Å². The van der Waals surface area contributed by atoms with Crippen LogP contribution in [0.3, 0.4) is 0 Å². The van der Waals surface area contributed by atoms with E-state index >= 15 is 0 Å². The molecule has 2 nitrogen and oxygen atoms in total. The summed E-state index contributed by atoms with van der Waals surface area (Å²) in [4.78, 5) is 4.36. The number of aromatic nitrogens is 1. The Morgan fingerprint density at radius 2 is 1.94 bits per heavy atom. The largest absolute Gasteiger partial charge is 0.309 e. The van der Waals surface area contributed by atoms with Crippen LogP contribution in [0.5, 0.6) is 0 Å². The third-order valence-corrected chi connectivity index (χ3v) is 4.04. The SMILES string of the molecule is CNC(c1ccc(C)nc1)c1cc(Br)ccc1Br. The van der Waals surface area contributed by atoms with Crippen molar-refractivity contribution >= 4 is 31.9 Å². The molecule has 18 heavy (non-hydrogen) atoms. The number of aryl methyl sites for hydroxylation is 1. The molecule has 0 aliphatic rings. The first-order chi connectivity index (χ1) is 8.61. The smallest absolute Gasteiger partial charge is 0.0601 e. The molecule has 0 bridgehead atoms. The number of benzene rings is 1. The minimum Gasteiger partial charge on any atom is -0.309 e. The number of nitrogens with one attached hydrogen (secondary N) is 1. The first kappa shape index (κ1) is 13.7. The van der Waals surface area contributed by atoms with E-state index in [-0.39, 0.29) is 6.04 Å². The first-order valence-electron chi connectivity index (χ1n) is 5.66. The monoisotopic (exact) mass is 368 g/mol. The molecule has 0 amide bonds. The Morgan fingerprint density at radius 1 is 1.17 bits per heavy atom. The summed E-state index contributed by atoms with van der Waals surface area (Å²) in [6.07, 6.45) is 1.92. The second kappa shape index (κ2) is 5.95. The van der Waals surface area contributed by atoms with E-state index in [2.05, 4.69) is 54.3 Å². The fraction of sp³-hybridized carbons (Fsp3) is 0.214. The Balaban J connectivity index is 2.44. The quantitative estimate of drug-likeness (QED) is 0.875. The van der Waals surface area contributed by atoms with E-state index in [1.54, 1.807) is 0 Å². The molecule has 1 aromatic heterocycles. The number of hydrogen-bond acceptors (Lipinski definition) is 2. The Kier molecular flexibility index (Phi) is 4.54. The summed E-state index contributed by atoms with van der Waals surface area (Å²) in [5.74, 6) is 0. The molecule has 4 heteroatoms. The third-order valence-electron chi connectivity index (χ3n) is 2.83. The normalized spacial score (nSPS) is 12.4. The van der Waals surface area contributed by atoms with Crippen LogP contribution in [0.25, 0.3) is 0 Å². The minimum atomic E-state index is 0.130. The van der Waals surface area contributed by atoms with Gasteiger partial charge < -0.3 is 5.32 Å². The number of rotatable bonds is 3. The molecule has 0 aliphatic heterocycles. The van der Waals surface area contributed by atoms with Crippen LogP contribution in [-0.4, -0.2) is 12.0 Å². The molecular formula is C14H14Br2N2. The van der Waals surface area contributed by atoms with Crippen molar-refractivity contribution in [1.82, 2.24) is 10.3 Å². The van der Waals surface area contributed by atoms with Gasteiger partial charge in [0.05, 0.1) is 6.04 Å². The second-order valence-electron chi connectivity index (χ2n) is 4.12. The van der Waals surface area contributed by atoms with Gasteiger partial charge in [-0.2, -0.15) is 0 Å². The van der Waals surface area contributed by atoms with Crippen molar-refractivity contribution in [2.45, 2.75) is 13.0 Å². The predicted molar refractivity (Wildman–Crippen MR) is 81.7 cm³/mol. The summed E-state index contributed by atoms with van der Waals surface area (Å²) in [6.45, 7) is 1.99. The van der Waals surface area contributed by atoms with Gasteiger partial charge in [0.25, 0.3) is 0 Å². The molecule has 0 aliphatic carbocycles. The van der Waals surface area contributed by atoms with Gasteiger partial charge in [-0.15, -0.1) is 0 Å². The fourth-order valence-corrected chi connectivity index (χ4v) is 2.74. The zero-order chi connectivity index (χ0) is 13.1. The van der Waals surface area contributed by atoms with Crippen molar-refractivity contribution in [2.24, 2.45) is 0 Å². The molecule has 2 rings (SSSR count). The standard InChI is InChI=1S/C14H14Br2N2/c1-9-3-4-10(8-18-9)14(17-2)12-7-11(15)5-6-13(12)16/h3-8,14,17H,1-2H3. The molecule has 1 N–H and O–H groups in total. The Bertz CT molecular complexity index is 538. The number of hydrogen-bond donors (Lipinski definition) is 1. The number of nitrogens with zero attached hydrogens (tertiary/aromatic N) is 1. The molecule has 0 saturated carbocycles. The maximum absolute atomic E-state index is 4.36. The minimum absolute atomic E-state index is 0.130. The van der Waals surface area contributed by atoms with E-state index in [0.717, 1.165) is 20.2 Å². The topological polar surface area (TPSA) is 24.9 Å². The summed E-state index contributed by atoms with van der Waals surface area (Å²) in [5, 5.41) is 3.33. The highest BCUT2D eigenvalue weighted by molar-refractivity contribution is 9.11. The maximum atomic E-state index is 4.36. The summed E-state index contributed by atoms with van der Waals surface area (Å²) >= 11 is 7.12. The summed E-state index contributed by atoms with van der Waals surface area (Å²) < 4.78 is 2.16. The second-order valence-corrected chi connectivity index (χ2v) is 5.89. The van der Waals surface area contributed by atoms with Crippen molar-refractivity contribution in [3.05, 3.63) is 62.3 Å². The van der Waals surface area contributed by atoms with Crippen molar-refractivity contribution in [3.63, 3.8) is 0 Å². The van der Waals surface area contributed by atoms with Gasteiger partial charge in [-0.1, -0.05) is 37.9 Å². The first-order valence-corrected chi connectivity index (χ1v) is 7.25. The number of pyridine rings is 1. The van der Waals surface area contributed by atoms with Gasteiger partial charge in [0.15, 0.2) is 0 Å². The molecule has 1 unspecified atom stereocenters. The average Bonchev–Trinajstić information content (AvgIpc) is 2.37. The van der Waals surface area contributed by atoms with Crippen molar-refractivity contribution in [2.75, 3.05) is 7.05 Å². The van der Waals surface area contributed by atoms with Crippen LogP contribution in [0.4, 0.5) is 0 Å². The highest BCUT2D eigenvalue weighted by Crippen LogP contribution is 2.30. The third kappa shape index (κ3) is 2.99. The van der Waals surface area contributed by atoms with Crippen LogP contribution in [-0.2, 0) is 0 Å². The molecular weight excluding hydrogens is 356 g/mol. The van der Waals surface area contributed by atoms with E-state index in [4.69, 9.17) is 0 Å². The van der Waals surface area contributed by atoms with Gasteiger partial charge in [-0.25, -0.2) is 0 Å². The van der Waals surface area contributed by atoms with E-state index in [1.807, 2.05) is 38.4 Å². The van der Waals surface area contributed by atoms with E-state index in [9.17, 15) is 0 Å². The predicted octanol–water partition coefficient (Wildman–Crippen LogP) is 4.22. The zero-order valence-electron chi connectivity index (χ0n) is 10.2. The van der Waals surface area contributed by atoms with Gasteiger partial charge in [0, 0.05) is 20.8 Å². The zero-order valence-corrected chi connectivity index (χ0v) is 13.4. The molecule has 0 fully saturated rings. The maximum Gasteiger partial charge on any atom is 0.0601 e. The highest BCUT2D eigenvalue weighted by atomic mass is 79.9. The molecule has 1 aromatic carbocycles. The van der Waals surface area contributed by atoms with Crippen molar-refractivity contribution < 1.29 is 0 Å². The van der Waals surface area contributed by atoms with E-state index in [1.165, 1.54) is 5.56 Å². The fourth-order valence-electron chi connectivity index (χ4n) is 1.89. The highest BCUT2D eigenvalue weighted by Gasteiger charge is 2.15. The molecule has 1 heterocycles. The van der Waals surface area contributed by atoms with Crippen LogP contribution >= 0.6 is 31.9 Å². The molecule has 94 valence electrons. The summed E-state index contributed by atoms with van der Waals surface area (Å²) in [7, 11) is 1.96. The van der Waals surface area contributed by atoms with Crippen LogP contribution in [0.15, 0.2) is 45.5 Å². The van der Waals surface area contributed by atoms with Gasteiger partial charge >= 0.3 is 0 Å². The van der Waals surface area contributed by atoms with Crippen molar-refractivity contribution in [1.29, 1.82) is 0 Å². The number of halogens is 2. The lowest BCUT2D eigenvalue weighted by Crippen LogP contribution is -2.18. The van der Waals surface area contributed by atoms with Gasteiger partial charge in [0.1, 0.15) is 0 Å². The van der Waals surface area contributed by atoms with Crippen LogP contribution in [0.2, 0.25) is 0 Å². The van der Waals surface area contributed by atoms with Gasteiger partial charge in [0.2, 0.25) is 0 Å². The van der Waals surface area contributed by atoms with Crippen LogP contribution in [0, 0.1) is 6.92 Å². The molecule has 1 atom stereocenters. The lowest BCUT2D eigenvalue weighted by atomic mass is 10.0. The van der Waals surface area contributed by atoms with E-state index in [0.29, 0.717) is 0 Å². The lowest BCUT2D eigenvalue weighted by Gasteiger charge is -2.19. The summed E-state index contributed by atoms with van der Waals surface area (Å²) in [5.41, 5.74) is 3.38. The van der Waals surface area contributed by atoms with Gasteiger partial charge in [-0.05, 0) is 49.4 Å². The Labute approximate surface area is 124 Å². The molecule has 0 radical (unpaired) electrons. The Morgan fingerprint density at radius 3 is 2.56 bits per heavy atom. The average molecular weight is 370 g/mol. The lowest BCUT2D eigenvalue weighted by molar-refractivity contribution is 0.685. The molecule has 2 aromatic rings. The summed E-state index contributed by atoms with van der Waals surface area (Å²) in [6, 6.07) is 10.5. The Hall–Kier alpha value is -0.710. The molecule has 0 spiro atoms. The molecule has 0 saturated heterocycles. The van der Waals surface area contributed by atoms with Gasteiger partial charge in [-0.3, -0.25) is 4.98 Å². The van der Waals surface area contributed by atoms with Crippen LogP contribution < -0.4 is 5.32 Å². The van der Waals surface area contributed by atoms with Crippen molar-refractivity contribution in [3.8, 4) is 0 Å².